The first-order valence-electron chi connectivity index (χ1n) is 10.8. The summed E-state index contributed by atoms with van der Waals surface area (Å²) in [6.07, 6.45) is -1.39. The molecule has 2 aromatic heterocycles. The van der Waals surface area contributed by atoms with E-state index in [1.165, 1.54) is 15.8 Å². The molecule has 0 bridgehead atoms. The van der Waals surface area contributed by atoms with Gasteiger partial charge in [-0.25, -0.2) is 9.37 Å². The van der Waals surface area contributed by atoms with Gasteiger partial charge in [0, 0.05) is 19.3 Å². The molecule has 0 N–H and O–H groups in total. The van der Waals surface area contributed by atoms with Gasteiger partial charge in [0.15, 0.2) is 11.6 Å². The number of benzene rings is 1. The first-order chi connectivity index (χ1) is 16.6. The molecule has 4 heterocycles. The van der Waals surface area contributed by atoms with Crippen LogP contribution in [0.15, 0.2) is 41.6 Å². The molecule has 5 rings (SSSR count). The highest BCUT2D eigenvalue weighted by Crippen LogP contribution is 2.49. The molecule has 0 aliphatic carbocycles. The molecule has 1 unspecified atom stereocenters. The fraction of sp³-hybridized carbons (Fsp3) is 0.348. The lowest BCUT2D eigenvalue weighted by molar-refractivity contribution is -0.152. The van der Waals surface area contributed by atoms with Gasteiger partial charge in [0.1, 0.15) is 36.3 Å². The van der Waals surface area contributed by atoms with Crippen molar-refractivity contribution in [1.82, 2.24) is 19.0 Å². The van der Waals surface area contributed by atoms with Gasteiger partial charge in [-0.2, -0.15) is 13.2 Å². The summed E-state index contributed by atoms with van der Waals surface area (Å²) >= 11 is 0. The van der Waals surface area contributed by atoms with Crippen LogP contribution in [0.1, 0.15) is 27.7 Å². The molecule has 35 heavy (non-hydrogen) atoms. The Morgan fingerprint density at radius 3 is 2.69 bits per heavy atom. The molecular formula is C23H20F4N4O4. The van der Waals surface area contributed by atoms with E-state index in [2.05, 4.69) is 4.98 Å². The van der Waals surface area contributed by atoms with Gasteiger partial charge in [0.25, 0.3) is 11.5 Å². The lowest BCUT2D eigenvalue weighted by atomic mass is 9.99. The van der Waals surface area contributed by atoms with Crippen molar-refractivity contribution in [3.63, 3.8) is 0 Å². The molecule has 0 fully saturated rings. The topological polar surface area (TPSA) is 78.6 Å². The Balaban J connectivity index is 1.30. The van der Waals surface area contributed by atoms with Crippen molar-refractivity contribution < 1.29 is 31.8 Å². The van der Waals surface area contributed by atoms with Crippen LogP contribution >= 0.6 is 0 Å². The summed E-state index contributed by atoms with van der Waals surface area (Å²) in [4.78, 5) is 31.4. The number of imidazole rings is 1. The summed E-state index contributed by atoms with van der Waals surface area (Å²) in [6.45, 7) is 1.50. The molecule has 0 spiro atoms. The molecule has 1 atom stereocenters. The van der Waals surface area contributed by atoms with Gasteiger partial charge in [-0.1, -0.05) is 0 Å². The normalized spacial score (nSPS) is 17.2. The average Bonchev–Trinajstić information content (AvgIpc) is 3.45. The van der Waals surface area contributed by atoms with Crippen LogP contribution in [0.2, 0.25) is 0 Å². The van der Waals surface area contributed by atoms with Crippen molar-refractivity contribution in [2.75, 3.05) is 26.3 Å². The quantitative estimate of drug-likeness (QED) is 0.512. The minimum Gasteiger partial charge on any atom is -0.491 e. The van der Waals surface area contributed by atoms with Crippen LogP contribution in [0.5, 0.6) is 11.5 Å². The van der Waals surface area contributed by atoms with Gasteiger partial charge < -0.3 is 23.5 Å². The molecule has 0 saturated carbocycles. The van der Waals surface area contributed by atoms with E-state index in [4.69, 9.17) is 9.47 Å². The van der Waals surface area contributed by atoms with Crippen molar-refractivity contribution in [2.45, 2.75) is 25.6 Å². The number of alkyl halides is 3. The van der Waals surface area contributed by atoms with Crippen molar-refractivity contribution >= 4 is 5.91 Å². The second-order valence-electron chi connectivity index (χ2n) is 8.32. The Morgan fingerprint density at radius 1 is 1.17 bits per heavy atom. The van der Waals surface area contributed by atoms with E-state index in [9.17, 15) is 27.2 Å². The third-order valence-electron chi connectivity index (χ3n) is 6.11. The maximum atomic E-state index is 14.0. The third-order valence-corrected chi connectivity index (χ3v) is 6.11. The van der Waals surface area contributed by atoms with E-state index >= 15 is 0 Å². The number of aryl methyl sites for hydroxylation is 1. The molecule has 184 valence electrons. The van der Waals surface area contributed by atoms with E-state index < -0.39 is 36.2 Å². The van der Waals surface area contributed by atoms with Gasteiger partial charge in [-0.3, -0.25) is 9.59 Å². The molecule has 1 amide bonds. The zero-order chi connectivity index (χ0) is 24.9. The number of aromatic nitrogens is 3. The zero-order valence-electron chi connectivity index (χ0n) is 18.5. The van der Waals surface area contributed by atoms with Crippen LogP contribution in [0.3, 0.4) is 0 Å². The monoisotopic (exact) mass is 492 g/mol. The Kier molecular flexibility index (Phi) is 5.53. The first kappa shape index (κ1) is 22.9. The maximum absolute atomic E-state index is 14.0. The average molecular weight is 492 g/mol. The first-order valence-corrected chi connectivity index (χ1v) is 10.8. The predicted octanol–water partition coefficient (Wildman–Crippen LogP) is 3.05. The molecule has 0 radical (unpaired) electrons. The molecule has 8 nitrogen and oxygen atoms in total. The summed E-state index contributed by atoms with van der Waals surface area (Å²) in [5.41, 5.74) is 0.612. The number of hydrogen-bond donors (Lipinski definition) is 0. The fourth-order valence-electron chi connectivity index (χ4n) is 4.35. The van der Waals surface area contributed by atoms with Crippen LogP contribution in [0.4, 0.5) is 17.6 Å². The number of ether oxygens (including phenoxy) is 2. The number of amides is 1. The van der Waals surface area contributed by atoms with Crippen molar-refractivity contribution in [3.05, 3.63) is 69.9 Å². The Bertz CT molecular complexity index is 1360. The standard InChI is InChI=1S/C23H20F4N4O4/c1-13-10-30(12-28-13)16-3-4-17-21(32)29(6-7-31(17)22(16)33)8-9-34-18-5-2-15(24)20-19(18)14(11-35-20)23(25,26)27/h2-5,10,12,14H,6-9,11H2,1H3. The maximum Gasteiger partial charge on any atom is 0.399 e. The number of carbonyl (C=O) groups is 1. The number of carbonyl (C=O) groups excluding carboxylic acids is 1. The van der Waals surface area contributed by atoms with Gasteiger partial charge in [0.2, 0.25) is 0 Å². The predicted molar refractivity (Wildman–Crippen MR) is 115 cm³/mol. The lowest BCUT2D eigenvalue weighted by Gasteiger charge is -2.30. The van der Waals surface area contributed by atoms with Gasteiger partial charge in [-0.05, 0) is 31.2 Å². The van der Waals surface area contributed by atoms with E-state index in [0.717, 1.165) is 17.8 Å². The summed E-state index contributed by atoms with van der Waals surface area (Å²) in [7, 11) is 0. The molecule has 0 saturated heterocycles. The summed E-state index contributed by atoms with van der Waals surface area (Å²) in [5.74, 6) is -3.88. The SMILES string of the molecule is Cc1cn(-c2ccc3n(c2=O)CCN(CCOc2ccc(F)c4c2C(C(F)(F)F)CO4)C3=O)cn1. The number of hydrogen-bond acceptors (Lipinski definition) is 5. The number of rotatable bonds is 5. The highest BCUT2D eigenvalue weighted by atomic mass is 19.4. The fourth-order valence-corrected chi connectivity index (χ4v) is 4.35. The van der Waals surface area contributed by atoms with Crippen molar-refractivity contribution in [3.8, 4) is 17.2 Å². The highest BCUT2D eigenvalue weighted by Gasteiger charge is 2.48. The highest BCUT2D eigenvalue weighted by molar-refractivity contribution is 5.93. The zero-order valence-corrected chi connectivity index (χ0v) is 18.5. The second kappa shape index (κ2) is 8.43. The number of fused-ring (bicyclic) bond motifs is 2. The number of nitrogens with zero attached hydrogens (tertiary/aromatic N) is 4. The Morgan fingerprint density at radius 2 is 1.97 bits per heavy atom. The molecule has 3 aromatic rings. The lowest BCUT2D eigenvalue weighted by Crippen LogP contribution is -2.46. The molecule has 1 aromatic carbocycles. The van der Waals surface area contributed by atoms with E-state index in [-0.39, 0.29) is 48.8 Å². The molecule has 2 aliphatic heterocycles. The minimum atomic E-state index is -4.62. The van der Waals surface area contributed by atoms with Crippen LogP contribution in [-0.2, 0) is 6.54 Å². The largest absolute Gasteiger partial charge is 0.491 e. The number of halogens is 4. The summed E-state index contributed by atoms with van der Waals surface area (Å²) < 4.78 is 67.6. The van der Waals surface area contributed by atoms with Crippen LogP contribution in [0, 0.1) is 12.7 Å². The number of pyridine rings is 1. The van der Waals surface area contributed by atoms with Crippen LogP contribution < -0.4 is 15.0 Å². The molecular weight excluding hydrogens is 472 g/mol. The van der Waals surface area contributed by atoms with Crippen molar-refractivity contribution in [2.24, 2.45) is 0 Å². The summed E-state index contributed by atoms with van der Waals surface area (Å²) in [6, 6.07) is 5.22. The smallest absolute Gasteiger partial charge is 0.399 e. The van der Waals surface area contributed by atoms with E-state index in [1.807, 2.05) is 0 Å². The van der Waals surface area contributed by atoms with Crippen LogP contribution in [-0.4, -0.2) is 57.4 Å². The van der Waals surface area contributed by atoms with Gasteiger partial charge in [0.05, 0.1) is 24.1 Å². The van der Waals surface area contributed by atoms with Gasteiger partial charge >= 0.3 is 6.18 Å². The minimum absolute atomic E-state index is 0.0686. The summed E-state index contributed by atoms with van der Waals surface area (Å²) in [5, 5.41) is 0. The second-order valence-corrected chi connectivity index (χ2v) is 8.32. The van der Waals surface area contributed by atoms with Crippen molar-refractivity contribution in [1.29, 1.82) is 0 Å². The van der Waals surface area contributed by atoms with E-state index in [1.54, 1.807) is 29.8 Å². The van der Waals surface area contributed by atoms with Gasteiger partial charge in [-0.15, -0.1) is 0 Å². The Hall–Kier alpha value is -3.83. The van der Waals surface area contributed by atoms with Crippen LogP contribution in [0.25, 0.3) is 5.69 Å². The molecule has 12 heteroatoms. The third kappa shape index (κ3) is 4.02. The Labute approximate surface area is 196 Å². The van der Waals surface area contributed by atoms with E-state index in [0.29, 0.717) is 5.69 Å². The molecule has 2 aliphatic rings.